The van der Waals surface area contributed by atoms with Crippen LogP contribution < -0.4 is 10.6 Å². The first-order valence-electron chi connectivity index (χ1n) is 9.61. The minimum Gasteiger partial charge on any atom is -0.336 e. The van der Waals surface area contributed by atoms with Crippen molar-refractivity contribution in [2.75, 3.05) is 32.1 Å². The van der Waals surface area contributed by atoms with E-state index in [-0.39, 0.29) is 36.7 Å². The second-order valence-corrected chi connectivity index (χ2v) is 8.69. The van der Waals surface area contributed by atoms with Gasteiger partial charge < -0.3 is 20.4 Å². The number of hydrogen-bond acceptors (Lipinski definition) is 5. The van der Waals surface area contributed by atoms with Gasteiger partial charge in [0.2, 0.25) is 11.8 Å². The number of anilines is 1. The Morgan fingerprint density at radius 1 is 1.17 bits per heavy atom. The van der Waals surface area contributed by atoms with Gasteiger partial charge in [-0.05, 0) is 24.0 Å². The zero-order valence-electron chi connectivity index (χ0n) is 17.0. The molecule has 0 saturated carbocycles. The Kier molecular flexibility index (Phi) is 6.50. The summed E-state index contributed by atoms with van der Waals surface area (Å²) in [6, 6.07) is 9.13. The number of nitrogens with zero attached hydrogens (tertiary/aromatic N) is 3. The van der Waals surface area contributed by atoms with Crippen molar-refractivity contribution in [3.63, 3.8) is 0 Å². The molecule has 0 unspecified atom stereocenters. The summed E-state index contributed by atoms with van der Waals surface area (Å²) in [4.78, 5) is 43.8. The maximum atomic E-state index is 12.9. The summed E-state index contributed by atoms with van der Waals surface area (Å²) in [7, 11) is 3.35. The van der Waals surface area contributed by atoms with E-state index in [0.29, 0.717) is 36.5 Å². The van der Waals surface area contributed by atoms with Gasteiger partial charge in [-0.1, -0.05) is 30.3 Å². The van der Waals surface area contributed by atoms with Gasteiger partial charge in [0.1, 0.15) is 11.5 Å². The molecule has 2 N–H and O–H groups in total. The lowest BCUT2D eigenvalue weighted by Gasteiger charge is -2.29. The van der Waals surface area contributed by atoms with Crippen LogP contribution >= 0.6 is 23.7 Å². The number of carbonyl (C=O) groups is 3. The van der Waals surface area contributed by atoms with E-state index < -0.39 is 6.04 Å². The molecule has 2 aliphatic rings. The highest BCUT2D eigenvalue weighted by atomic mass is 35.5. The molecule has 2 aliphatic heterocycles. The number of likely N-dealkylation sites (N-methyl/N-ethyl adjacent to an activating group) is 2. The molecular formula is C21H25ClN4O3S. The number of thiophene rings is 1. The number of rotatable bonds is 3. The Labute approximate surface area is 185 Å². The molecule has 4 rings (SSSR count). The summed E-state index contributed by atoms with van der Waals surface area (Å²) < 4.78 is 0. The Morgan fingerprint density at radius 2 is 1.87 bits per heavy atom. The largest absolute Gasteiger partial charge is 0.336 e. The lowest BCUT2D eigenvalue weighted by molar-refractivity contribution is -0.133. The van der Waals surface area contributed by atoms with Crippen molar-refractivity contribution in [2.24, 2.45) is 5.73 Å². The predicted octanol–water partition coefficient (Wildman–Crippen LogP) is 1.67. The minimum absolute atomic E-state index is 0. The van der Waals surface area contributed by atoms with Crippen LogP contribution in [0.25, 0.3) is 0 Å². The fourth-order valence-corrected chi connectivity index (χ4v) is 5.24. The smallest absolute Gasteiger partial charge is 0.257 e. The van der Waals surface area contributed by atoms with Gasteiger partial charge >= 0.3 is 0 Å². The normalized spacial score (nSPS) is 17.1. The molecule has 0 fully saturated rings. The lowest BCUT2D eigenvalue weighted by atomic mass is 10.00. The predicted molar refractivity (Wildman–Crippen MR) is 119 cm³/mol. The molecule has 0 spiro atoms. The summed E-state index contributed by atoms with van der Waals surface area (Å²) in [6.07, 6.45) is 1.08. The highest BCUT2D eigenvalue weighted by Gasteiger charge is 2.36. The third-order valence-corrected chi connectivity index (χ3v) is 6.87. The Hall–Kier alpha value is -2.42. The highest BCUT2D eigenvalue weighted by Crippen LogP contribution is 2.40. The summed E-state index contributed by atoms with van der Waals surface area (Å²) in [6.45, 7) is 1.02. The van der Waals surface area contributed by atoms with Gasteiger partial charge in [0.05, 0.1) is 18.2 Å². The van der Waals surface area contributed by atoms with Crippen LogP contribution in [0.1, 0.15) is 26.4 Å². The van der Waals surface area contributed by atoms with Crippen LogP contribution in [0.2, 0.25) is 0 Å². The molecule has 30 heavy (non-hydrogen) atoms. The summed E-state index contributed by atoms with van der Waals surface area (Å²) in [5, 5.41) is 0.678. The fraction of sp³-hybridized carbons (Fsp3) is 0.381. The van der Waals surface area contributed by atoms with E-state index >= 15 is 0 Å². The number of fused-ring (bicyclic) bond motifs is 3. The van der Waals surface area contributed by atoms with Gasteiger partial charge in [-0.2, -0.15) is 0 Å². The van der Waals surface area contributed by atoms with E-state index in [1.165, 1.54) is 16.2 Å². The monoisotopic (exact) mass is 448 g/mol. The van der Waals surface area contributed by atoms with Crippen LogP contribution in [-0.2, 0) is 29.0 Å². The molecule has 2 aromatic rings. The number of halogens is 1. The van der Waals surface area contributed by atoms with Crippen molar-refractivity contribution in [3.8, 4) is 0 Å². The van der Waals surface area contributed by atoms with E-state index in [0.717, 1.165) is 16.0 Å². The molecule has 0 radical (unpaired) electrons. The molecule has 1 atom stereocenters. The molecule has 0 bridgehead atoms. The molecule has 7 nitrogen and oxygen atoms in total. The first-order chi connectivity index (χ1) is 13.9. The van der Waals surface area contributed by atoms with Gasteiger partial charge in [-0.3, -0.25) is 14.4 Å². The summed E-state index contributed by atoms with van der Waals surface area (Å²) in [5.41, 5.74) is 8.80. The van der Waals surface area contributed by atoms with Crippen LogP contribution in [0.4, 0.5) is 5.00 Å². The number of amides is 3. The molecule has 160 valence electrons. The van der Waals surface area contributed by atoms with Gasteiger partial charge in [0, 0.05) is 25.5 Å². The quantitative estimate of drug-likeness (QED) is 0.773. The first-order valence-corrected chi connectivity index (χ1v) is 10.4. The molecule has 3 amide bonds. The van der Waals surface area contributed by atoms with Crippen molar-refractivity contribution in [1.29, 1.82) is 0 Å². The zero-order chi connectivity index (χ0) is 20.7. The van der Waals surface area contributed by atoms with E-state index in [2.05, 4.69) is 0 Å². The minimum atomic E-state index is -0.603. The molecule has 1 aromatic carbocycles. The van der Waals surface area contributed by atoms with E-state index in [9.17, 15) is 14.4 Å². The van der Waals surface area contributed by atoms with Crippen LogP contribution in [0.5, 0.6) is 0 Å². The van der Waals surface area contributed by atoms with Crippen molar-refractivity contribution >= 4 is 46.5 Å². The van der Waals surface area contributed by atoms with Crippen molar-refractivity contribution < 1.29 is 14.4 Å². The van der Waals surface area contributed by atoms with Crippen molar-refractivity contribution in [2.45, 2.75) is 25.4 Å². The third-order valence-electron chi connectivity index (χ3n) is 5.58. The first kappa shape index (κ1) is 22.3. The average Bonchev–Trinajstić information content (AvgIpc) is 3.07. The van der Waals surface area contributed by atoms with E-state index in [4.69, 9.17) is 5.73 Å². The fourth-order valence-electron chi connectivity index (χ4n) is 3.91. The standard InChI is InChI=1S/C21H24N4O3S.ClH/c1-23-12-17(26)24(2)21-18(20(23)28)14-8-9-25(11-16(14)29-21)19(27)15(22)10-13-6-4-3-5-7-13;/h3-7,15H,8-12,22H2,1-2H3;1H/t15-;/m1./s1. The third kappa shape index (κ3) is 3.95. The summed E-state index contributed by atoms with van der Waals surface area (Å²) >= 11 is 1.43. The second-order valence-electron chi connectivity index (χ2n) is 7.60. The van der Waals surface area contributed by atoms with Gasteiger partial charge in [0.15, 0.2) is 0 Å². The maximum absolute atomic E-state index is 12.9. The highest BCUT2D eigenvalue weighted by molar-refractivity contribution is 7.17. The number of carbonyl (C=O) groups excluding carboxylic acids is 3. The van der Waals surface area contributed by atoms with Crippen LogP contribution in [0, 0.1) is 0 Å². The summed E-state index contributed by atoms with van der Waals surface area (Å²) in [5.74, 6) is -0.331. The van der Waals surface area contributed by atoms with Crippen LogP contribution in [0.15, 0.2) is 30.3 Å². The topological polar surface area (TPSA) is 87.0 Å². The van der Waals surface area contributed by atoms with Gasteiger partial charge in [-0.15, -0.1) is 23.7 Å². The molecule has 9 heteroatoms. The molecule has 3 heterocycles. The second kappa shape index (κ2) is 8.75. The zero-order valence-corrected chi connectivity index (χ0v) is 18.6. The average molecular weight is 449 g/mol. The van der Waals surface area contributed by atoms with Gasteiger partial charge in [-0.25, -0.2) is 0 Å². The van der Waals surface area contributed by atoms with Crippen molar-refractivity contribution in [3.05, 3.63) is 51.9 Å². The Balaban J connectivity index is 0.00000256. The molecule has 0 aliphatic carbocycles. The SMILES string of the molecule is CN1CC(=O)N(C)c2sc3c(c2C1=O)CCN(C(=O)[C@H](N)Cc1ccccc1)C3.Cl. The number of nitrogens with two attached hydrogens (primary N) is 1. The lowest BCUT2D eigenvalue weighted by Crippen LogP contribution is -2.46. The number of hydrogen-bond donors (Lipinski definition) is 1. The van der Waals surface area contributed by atoms with Crippen molar-refractivity contribution in [1.82, 2.24) is 9.80 Å². The number of benzene rings is 1. The van der Waals surface area contributed by atoms with E-state index in [1.807, 2.05) is 30.3 Å². The van der Waals surface area contributed by atoms with E-state index in [1.54, 1.807) is 23.9 Å². The Bertz CT molecular complexity index is 978. The van der Waals surface area contributed by atoms with Crippen LogP contribution in [0.3, 0.4) is 0 Å². The molecule has 1 aromatic heterocycles. The Morgan fingerprint density at radius 3 is 2.57 bits per heavy atom. The maximum Gasteiger partial charge on any atom is 0.257 e. The van der Waals surface area contributed by atoms with Crippen LogP contribution in [-0.4, -0.2) is 60.7 Å². The molecule has 0 saturated heterocycles. The molecular weight excluding hydrogens is 424 g/mol. The van der Waals surface area contributed by atoms with Gasteiger partial charge in [0.25, 0.3) is 5.91 Å².